The lowest BCUT2D eigenvalue weighted by molar-refractivity contribution is 0.0690. The Morgan fingerprint density at radius 1 is 1.22 bits per heavy atom. The normalized spacial score (nSPS) is 15.6. The van der Waals surface area contributed by atoms with Crippen molar-refractivity contribution in [2.45, 2.75) is 26.3 Å². The van der Waals surface area contributed by atoms with Crippen LogP contribution >= 0.6 is 24.0 Å². The maximum absolute atomic E-state index is 5.48. The molecule has 9 heteroatoms. The van der Waals surface area contributed by atoms with Crippen LogP contribution in [0.4, 0.5) is 0 Å². The first-order chi connectivity index (χ1) is 12.8. The third-order valence-electron chi connectivity index (χ3n) is 4.27. The van der Waals surface area contributed by atoms with E-state index < -0.39 is 0 Å². The number of hydrogen-bond donors (Lipinski definition) is 1. The Kier molecular flexibility index (Phi) is 13.5. The molecule has 0 radical (unpaired) electrons. The maximum Gasteiger partial charge on any atom is 0.194 e. The monoisotopic (exact) mass is 495 g/mol. The van der Waals surface area contributed by atoms with Gasteiger partial charge in [-0.15, -0.1) is 24.0 Å². The molecule has 1 aromatic heterocycles. The van der Waals surface area contributed by atoms with Gasteiger partial charge in [-0.05, 0) is 19.8 Å². The van der Waals surface area contributed by atoms with Crippen LogP contribution in [-0.4, -0.2) is 87.1 Å². The van der Waals surface area contributed by atoms with E-state index in [4.69, 9.17) is 19.0 Å². The molecule has 1 aliphatic heterocycles. The fourth-order valence-electron chi connectivity index (χ4n) is 2.84. The van der Waals surface area contributed by atoms with Gasteiger partial charge in [0, 0.05) is 65.6 Å². The van der Waals surface area contributed by atoms with Gasteiger partial charge in [-0.3, -0.25) is 9.89 Å². The van der Waals surface area contributed by atoms with Gasteiger partial charge < -0.3 is 24.2 Å². The van der Waals surface area contributed by atoms with Gasteiger partial charge in [-0.25, -0.2) is 0 Å². The Morgan fingerprint density at radius 3 is 2.70 bits per heavy atom. The van der Waals surface area contributed by atoms with Gasteiger partial charge in [0.1, 0.15) is 6.26 Å². The minimum atomic E-state index is 0. The number of nitrogens with one attached hydrogen (secondary N) is 1. The smallest absolute Gasteiger partial charge is 0.194 e. The topological polar surface area (TPSA) is 75.4 Å². The molecule has 156 valence electrons. The average Bonchev–Trinajstić information content (AvgIpc) is 3.17. The van der Waals surface area contributed by atoms with Crippen LogP contribution < -0.4 is 5.32 Å². The number of unbranched alkanes of at least 4 members (excludes halogenated alkanes) is 1. The van der Waals surface area contributed by atoms with E-state index >= 15 is 0 Å². The van der Waals surface area contributed by atoms with Crippen molar-refractivity contribution in [1.82, 2.24) is 20.3 Å². The number of hydrogen-bond acceptors (Lipinski definition) is 6. The highest BCUT2D eigenvalue weighted by atomic mass is 127. The summed E-state index contributed by atoms with van der Waals surface area (Å²) in [4.78, 5) is 9.52. The van der Waals surface area contributed by atoms with Gasteiger partial charge in [0.05, 0.1) is 18.9 Å². The molecule has 0 aromatic carbocycles. The van der Waals surface area contributed by atoms with Gasteiger partial charge in [0.25, 0.3) is 0 Å². The summed E-state index contributed by atoms with van der Waals surface area (Å²) in [5.74, 6) is 1.02. The van der Waals surface area contributed by atoms with E-state index in [2.05, 4.69) is 27.2 Å². The molecule has 0 spiro atoms. The van der Waals surface area contributed by atoms with Crippen molar-refractivity contribution < 1.29 is 14.0 Å². The largest absolute Gasteiger partial charge is 0.382 e. The Balaban J connectivity index is 0.00000364. The van der Waals surface area contributed by atoms with Crippen molar-refractivity contribution in [3.8, 4) is 0 Å². The molecule has 1 N–H and O–H groups in total. The van der Waals surface area contributed by atoms with Crippen molar-refractivity contribution >= 4 is 29.9 Å². The van der Waals surface area contributed by atoms with E-state index in [9.17, 15) is 0 Å². The predicted molar refractivity (Wildman–Crippen MR) is 117 cm³/mol. The Bertz CT molecular complexity index is 493. The summed E-state index contributed by atoms with van der Waals surface area (Å²) in [6.07, 6.45) is 3.69. The second-order valence-electron chi connectivity index (χ2n) is 6.30. The minimum Gasteiger partial charge on any atom is -0.382 e. The van der Waals surface area contributed by atoms with E-state index in [1.54, 1.807) is 13.4 Å². The zero-order chi connectivity index (χ0) is 18.5. The SMILES string of the molecule is CCNC(=NCCCCOCCOC)N1CCN(Cc2ccon2)CC1.I. The Morgan fingerprint density at radius 2 is 2.04 bits per heavy atom. The molecule has 8 nitrogen and oxygen atoms in total. The molecule has 2 rings (SSSR count). The number of piperazine rings is 1. The van der Waals surface area contributed by atoms with Gasteiger partial charge >= 0.3 is 0 Å². The lowest BCUT2D eigenvalue weighted by Gasteiger charge is -2.36. The van der Waals surface area contributed by atoms with Gasteiger partial charge in [-0.2, -0.15) is 0 Å². The van der Waals surface area contributed by atoms with E-state index in [0.717, 1.165) is 76.9 Å². The second kappa shape index (κ2) is 15.1. The highest BCUT2D eigenvalue weighted by Gasteiger charge is 2.20. The first-order valence-electron chi connectivity index (χ1n) is 9.55. The molecule has 1 aromatic rings. The van der Waals surface area contributed by atoms with Crippen molar-refractivity contribution in [1.29, 1.82) is 0 Å². The average molecular weight is 495 g/mol. The lowest BCUT2D eigenvalue weighted by Crippen LogP contribution is -2.52. The molecule has 0 bridgehead atoms. The number of aliphatic imine (C=N–C) groups is 1. The van der Waals surface area contributed by atoms with E-state index in [1.165, 1.54) is 0 Å². The summed E-state index contributed by atoms with van der Waals surface area (Å²) < 4.78 is 15.3. The molecule has 0 amide bonds. The van der Waals surface area contributed by atoms with Crippen molar-refractivity contribution in [3.63, 3.8) is 0 Å². The number of halogens is 1. The first-order valence-corrected chi connectivity index (χ1v) is 9.55. The third kappa shape index (κ3) is 9.72. The molecule has 1 fully saturated rings. The Labute approximate surface area is 179 Å². The fourth-order valence-corrected chi connectivity index (χ4v) is 2.84. The summed E-state index contributed by atoms with van der Waals surface area (Å²) in [6, 6.07) is 1.93. The molecule has 1 aliphatic rings. The van der Waals surface area contributed by atoms with Crippen LogP contribution in [0.25, 0.3) is 0 Å². The number of ether oxygens (including phenoxy) is 2. The van der Waals surface area contributed by atoms with Crippen molar-refractivity contribution in [3.05, 3.63) is 18.0 Å². The minimum absolute atomic E-state index is 0. The molecule has 0 aliphatic carbocycles. The van der Waals surface area contributed by atoms with Crippen LogP contribution in [0, 0.1) is 0 Å². The molecule has 27 heavy (non-hydrogen) atoms. The molecule has 0 unspecified atom stereocenters. The molecule has 2 heterocycles. The van der Waals surface area contributed by atoms with E-state index in [0.29, 0.717) is 13.2 Å². The molecular weight excluding hydrogens is 461 g/mol. The zero-order valence-corrected chi connectivity index (χ0v) is 18.9. The van der Waals surface area contributed by atoms with Crippen LogP contribution in [0.3, 0.4) is 0 Å². The third-order valence-corrected chi connectivity index (χ3v) is 4.27. The highest BCUT2D eigenvalue weighted by Crippen LogP contribution is 2.07. The predicted octanol–water partition coefficient (Wildman–Crippen LogP) is 1.82. The van der Waals surface area contributed by atoms with Crippen LogP contribution in [0.2, 0.25) is 0 Å². The quantitative estimate of drug-likeness (QED) is 0.217. The number of aromatic nitrogens is 1. The summed E-state index contributed by atoms with van der Waals surface area (Å²) in [6.45, 7) is 10.7. The number of methoxy groups -OCH3 is 1. The van der Waals surface area contributed by atoms with E-state index in [-0.39, 0.29) is 24.0 Å². The summed E-state index contributed by atoms with van der Waals surface area (Å²) >= 11 is 0. The van der Waals surface area contributed by atoms with E-state index in [1.807, 2.05) is 6.07 Å². The molecule has 0 atom stereocenters. The van der Waals surface area contributed by atoms with Gasteiger partial charge in [0.15, 0.2) is 5.96 Å². The second-order valence-corrected chi connectivity index (χ2v) is 6.30. The molecular formula is C18H34IN5O3. The van der Waals surface area contributed by atoms with Crippen LogP contribution in [0.5, 0.6) is 0 Å². The summed E-state index contributed by atoms with van der Waals surface area (Å²) in [7, 11) is 1.69. The van der Waals surface area contributed by atoms with Gasteiger partial charge in [0.2, 0.25) is 0 Å². The van der Waals surface area contributed by atoms with Crippen LogP contribution in [0.15, 0.2) is 21.8 Å². The number of guanidine groups is 1. The summed E-state index contributed by atoms with van der Waals surface area (Å²) in [5.41, 5.74) is 0.992. The standard InChI is InChI=1S/C18H33N5O3.HI/c1-3-19-18(20-7-4-5-12-25-15-14-24-2)23-10-8-22(9-11-23)16-17-6-13-26-21-17;/h6,13H,3-5,7-12,14-16H2,1-2H3,(H,19,20);1H. The van der Waals surface area contributed by atoms with Crippen LogP contribution in [0.1, 0.15) is 25.5 Å². The number of nitrogens with zero attached hydrogens (tertiary/aromatic N) is 4. The Hall–Kier alpha value is -0.910. The maximum atomic E-state index is 5.48. The van der Waals surface area contributed by atoms with Crippen molar-refractivity contribution in [2.24, 2.45) is 4.99 Å². The lowest BCUT2D eigenvalue weighted by atomic mass is 10.3. The number of rotatable bonds is 11. The first kappa shape index (κ1) is 24.1. The van der Waals surface area contributed by atoms with Crippen molar-refractivity contribution in [2.75, 3.05) is 66.2 Å². The molecule has 1 saturated heterocycles. The van der Waals surface area contributed by atoms with Gasteiger partial charge in [-0.1, -0.05) is 5.16 Å². The van der Waals surface area contributed by atoms with Crippen LogP contribution in [-0.2, 0) is 16.0 Å². The zero-order valence-electron chi connectivity index (χ0n) is 16.6. The molecule has 0 saturated carbocycles. The highest BCUT2D eigenvalue weighted by molar-refractivity contribution is 14.0. The fraction of sp³-hybridized carbons (Fsp3) is 0.778. The summed E-state index contributed by atoms with van der Waals surface area (Å²) in [5, 5.41) is 7.41.